The van der Waals surface area contributed by atoms with Crippen molar-refractivity contribution in [1.82, 2.24) is 4.57 Å². The summed E-state index contributed by atoms with van der Waals surface area (Å²) in [5, 5.41) is 10.2. The topological polar surface area (TPSA) is 68.2 Å². The Morgan fingerprint density at radius 2 is 2.16 bits per heavy atom. The fraction of sp³-hybridized carbons (Fsp3) is 0.400. The summed E-state index contributed by atoms with van der Waals surface area (Å²) in [5.74, 6) is -0.591. The zero-order chi connectivity index (χ0) is 14.0. The smallest absolute Gasteiger partial charge is 0.335 e. The molecule has 2 rings (SSSR count). The largest absolute Gasteiger partial charge is 0.478 e. The molecule has 0 unspecified atom stereocenters. The van der Waals surface area contributed by atoms with E-state index in [2.05, 4.69) is 18.4 Å². The number of fused-ring (bicyclic) bond motifs is 1. The van der Waals surface area contributed by atoms with Crippen molar-refractivity contribution in [2.45, 2.75) is 32.7 Å². The van der Waals surface area contributed by atoms with Crippen molar-refractivity contribution in [1.29, 1.82) is 0 Å². The van der Waals surface area contributed by atoms with Gasteiger partial charge in [-0.2, -0.15) is 0 Å². The van der Waals surface area contributed by atoms with Gasteiger partial charge in [-0.1, -0.05) is 13.8 Å². The van der Waals surface area contributed by atoms with Crippen LogP contribution in [0.15, 0.2) is 24.4 Å². The Bertz CT molecular complexity index is 599. The molecular formula is C15H20N2O2. The van der Waals surface area contributed by atoms with Crippen LogP contribution in [0.5, 0.6) is 0 Å². The fourth-order valence-electron chi connectivity index (χ4n) is 2.40. The second-order valence-electron chi connectivity index (χ2n) is 5.11. The molecule has 0 spiro atoms. The van der Waals surface area contributed by atoms with Crippen LogP contribution in [0.3, 0.4) is 0 Å². The molecule has 0 aliphatic carbocycles. The summed E-state index contributed by atoms with van der Waals surface area (Å²) in [6.07, 6.45) is 2.93. The Labute approximate surface area is 112 Å². The quantitative estimate of drug-likeness (QED) is 0.868. The van der Waals surface area contributed by atoms with Gasteiger partial charge in [0, 0.05) is 18.1 Å². The average Bonchev–Trinajstić information content (AvgIpc) is 2.77. The Morgan fingerprint density at radius 3 is 2.74 bits per heavy atom. The maximum absolute atomic E-state index is 11.2. The molecule has 102 valence electrons. The van der Waals surface area contributed by atoms with Crippen molar-refractivity contribution in [2.24, 2.45) is 5.73 Å². The van der Waals surface area contributed by atoms with Gasteiger partial charge in [0.2, 0.25) is 0 Å². The summed E-state index contributed by atoms with van der Waals surface area (Å²) in [7, 11) is 0. The van der Waals surface area contributed by atoms with E-state index in [-0.39, 0.29) is 5.92 Å². The average molecular weight is 260 g/mol. The van der Waals surface area contributed by atoms with Gasteiger partial charge in [-0.25, -0.2) is 4.79 Å². The number of carboxylic acid groups (broad SMARTS) is 1. The third kappa shape index (κ3) is 2.63. The summed E-state index contributed by atoms with van der Waals surface area (Å²) in [4.78, 5) is 11.2. The summed E-state index contributed by atoms with van der Waals surface area (Å²) in [5.41, 5.74) is 8.13. The third-order valence-corrected chi connectivity index (χ3v) is 3.36. The Morgan fingerprint density at radius 1 is 1.42 bits per heavy atom. The molecule has 0 radical (unpaired) electrons. The minimum atomic E-state index is -0.876. The molecule has 0 aliphatic rings. The van der Waals surface area contributed by atoms with Crippen LogP contribution >= 0.6 is 0 Å². The van der Waals surface area contributed by atoms with Crippen LogP contribution in [-0.4, -0.2) is 22.2 Å². The first kappa shape index (κ1) is 13.6. The van der Waals surface area contributed by atoms with Crippen molar-refractivity contribution < 1.29 is 9.90 Å². The van der Waals surface area contributed by atoms with Gasteiger partial charge in [0.25, 0.3) is 0 Å². The standard InChI is InChI=1S/C15H20N2O2/c1-10(2)13-9-12(15(18)19)8-11-4-7-17(14(11)13)6-3-5-16/h4,7-10H,3,5-6,16H2,1-2H3,(H,18,19). The lowest BCUT2D eigenvalue weighted by Gasteiger charge is -2.13. The van der Waals surface area contributed by atoms with Gasteiger partial charge in [-0.3, -0.25) is 0 Å². The number of carbonyl (C=O) groups is 1. The van der Waals surface area contributed by atoms with Gasteiger partial charge in [0.05, 0.1) is 11.1 Å². The van der Waals surface area contributed by atoms with E-state index in [9.17, 15) is 9.90 Å². The van der Waals surface area contributed by atoms with E-state index in [4.69, 9.17) is 5.73 Å². The van der Waals surface area contributed by atoms with E-state index in [0.29, 0.717) is 12.1 Å². The van der Waals surface area contributed by atoms with Crippen LogP contribution in [0, 0.1) is 0 Å². The highest BCUT2D eigenvalue weighted by Gasteiger charge is 2.14. The zero-order valence-electron chi connectivity index (χ0n) is 11.4. The van der Waals surface area contributed by atoms with E-state index in [1.54, 1.807) is 12.1 Å². The zero-order valence-corrected chi connectivity index (χ0v) is 11.4. The normalized spacial score (nSPS) is 11.4. The van der Waals surface area contributed by atoms with Gasteiger partial charge < -0.3 is 15.4 Å². The molecule has 0 amide bonds. The van der Waals surface area contributed by atoms with Crippen molar-refractivity contribution in [2.75, 3.05) is 6.54 Å². The SMILES string of the molecule is CC(C)c1cc(C(=O)O)cc2ccn(CCCN)c12. The molecule has 1 aromatic heterocycles. The summed E-state index contributed by atoms with van der Waals surface area (Å²) >= 11 is 0. The van der Waals surface area contributed by atoms with Crippen LogP contribution in [0.4, 0.5) is 0 Å². The highest BCUT2D eigenvalue weighted by atomic mass is 16.4. The first-order chi connectivity index (χ1) is 9.04. The van der Waals surface area contributed by atoms with Gasteiger partial charge >= 0.3 is 5.97 Å². The lowest BCUT2D eigenvalue weighted by molar-refractivity contribution is 0.0697. The molecule has 0 fully saturated rings. The Hall–Kier alpha value is -1.81. The van der Waals surface area contributed by atoms with E-state index in [1.165, 1.54) is 0 Å². The van der Waals surface area contributed by atoms with Crippen LogP contribution in [-0.2, 0) is 6.54 Å². The van der Waals surface area contributed by atoms with Crippen LogP contribution < -0.4 is 5.73 Å². The molecule has 0 atom stereocenters. The fourth-order valence-corrected chi connectivity index (χ4v) is 2.40. The van der Waals surface area contributed by atoms with Gasteiger partial charge in [0.1, 0.15) is 0 Å². The molecule has 1 aromatic carbocycles. The minimum Gasteiger partial charge on any atom is -0.478 e. The van der Waals surface area contributed by atoms with E-state index in [1.807, 2.05) is 12.3 Å². The number of hydrogen-bond acceptors (Lipinski definition) is 2. The monoisotopic (exact) mass is 260 g/mol. The molecule has 2 aromatic rings. The van der Waals surface area contributed by atoms with E-state index in [0.717, 1.165) is 29.4 Å². The van der Waals surface area contributed by atoms with Crippen molar-refractivity contribution >= 4 is 16.9 Å². The van der Waals surface area contributed by atoms with Gasteiger partial charge in [-0.15, -0.1) is 0 Å². The number of benzene rings is 1. The third-order valence-electron chi connectivity index (χ3n) is 3.36. The highest BCUT2D eigenvalue weighted by Crippen LogP contribution is 2.28. The maximum atomic E-state index is 11.2. The first-order valence-corrected chi connectivity index (χ1v) is 6.60. The number of nitrogens with zero attached hydrogens (tertiary/aromatic N) is 1. The Balaban J connectivity index is 2.61. The number of carboxylic acids is 1. The molecule has 4 heteroatoms. The predicted molar refractivity (Wildman–Crippen MR) is 76.7 cm³/mol. The van der Waals surface area contributed by atoms with Gasteiger partial charge in [0.15, 0.2) is 0 Å². The molecule has 0 aliphatic heterocycles. The van der Waals surface area contributed by atoms with Crippen molar-refractivity contribution in [3.63, 3.8) is 0 Å². The number of aromatic nitrogens is 1. The minimum absolute atomic E-state index is 0.285. The van der Waals surface area contributed by atoms with Crippen molar-refractivity contribution in [3.8, 4) is 0 Å². The molecule has 0 saturated heterocycles. The summed E-state index contributed by atoms with van der Waals surface area (Å²) in [6.45, 7) is 5.69. The molecule has 0 saturated carbocycles. The molecule has 3 N–H and O–H groups in total. The number of aryl methyl sites for hydroxylation is 1. The van der Waals surface area contributed by atoms with E-state index >= 15 is 0 Å². The first-order valence-electron chi connectivity index (χ1n) is 6.60. The summed E-state index contributed by atoms with van der Waals surface area (Å²) in [6, 6.07) is 5.50. The Kier molecular flexibility index (Phi) is 3.90. The van der Waals surface area contributed by atoms with Gasteiger partial charge in [-0.05, 0) is 42.6 Å². The number of hydrogen-bond donors (Lipinski definition) is 2. The van der Waals surface area contributed by atoms with Crippen LogP contribution in [0.2, 0.25) is 0 Å². The highest BCUT2D eigenvalue weighted by molar-refractivity contribution is 5.95. The van der Waals surface area contributed by atoms with Crippen LogP contribution in [0.25, 0.3) is 10.9 Å². The second kappa shape index (κ2) is 5.45. The number of rotatable bonds is 5. The van der Waals surface area contributed by atoms with Crippen LogP contribution in [0.1, 0.15) is 42.1 Å². The maximum Gasteiger partial charge on any atom is 0.335 e. The molecule has 19 heavy (non-hydrogen) atoms. The lowest BCUT2D eigenvalue weighted by Crippen LogP contribution is -2.07. The molecule has 4 nitrogen and oxygen atoms in total. The summed E-state index contributed by atoms with van der Waals surface area (Å²) < 4.78 is 2.17. The predicted octanol–water partition coefficient (Wildman–Crippen LogP) is 2.81. The molecule has 0 bridgehead atoms. The van der Waals surface area contributed by atoms with E-state index < -0.39 is 5.97 Å². The lowest BCUT2D eigenvalue weighted by atomic mass is 9.97. The molecule has 1 heterocycles. The van der Waals surface area contributed by atoms with Crippen molar-refractivity contribution in [3.05, 3.63) is 35.5 Å². The number of nitrogens with two attached hydrogens (primary N) is 1. The second-order valence-corrected chi connectivity index (χ2v) is 5.11. The number of aromatic carboxylic acids is 1. The molecular weight excluding hydrogens is 240 g/mol.